The Balaban J connectivity index is 1.42. The molecule has 0 radical (unpaired) electrons. The van der Waals surface area contributed by atoms with Crippen LogP contribution in [0.25, 0.3) is 20.2 Å². The highest BCUT2D eigenvalue weighted by molar-refractivity contribution is 7.26. The van der Waals surface area contributed by atoms with Crippen molar-refractivity contribution < 1.29 is 9.31 Å². The Bertz CT molecular complexity index is 1460. The standard InChI is InChI=1S/C30H28BNO2S/c1-29(2)30(3,4)34-31(33-29)21-15-17-25-26-18-16-24(20-28(26)35-27(25)19-21)32(22-11-7-5-8-12-22)23-13-9-6-10-14-23/h5-20H,1-4H3. The van der Waals surface area contributed by atoms with E-state index in [2.05, 4.69) is 130 Å². The van der Waals surface area contributed by atoms with Crippen molar-refractivity contribution in [2.24, 2.45) is 0 Å². The Morgan fingerprint density at radius 3 is 1.69 bits per heavy atom. The van der Waals surface area contributed by atoms with Gasteiger partial charge in [-0.15, -0.1) is 11.3 Å². The maximum Gasteiger partial charge on any atom is 0.494 e. The number of benzene rings is 4. The minimum absolute atomic E-state index is 0.347. The molecule has 3 nitrogen and oxygen atoms in total. The lowest BCUT2D eigenvalue weighted by molar-refractivity contribution is 0.00578. The summed E-state index contributed by atoms with van der Waals surface area (Å²) in [6.45, 7) is 8.38. The lowest BCUT2D eigenvalue weighted by Gasteiger charge is -2.32. The van der Waals surface area contributed by atoms with Crippen LogP contribution in [0.4, 0.5) is 17.1 Å². The molecule has 0 spiro atoms. The second-order valence-corrected chi connectivity index (χ2v) is 11.2. The maximum atomic E-state index is 6.30. The molecule has 4 aromatic carbocycles. The second-order valence-electron chi connectivity index (χ2n) is 10.1. The average molecular weight is 477 g/mol. The minimum atomic E-state index is -0.350. The van der Waals surface area contributed by atoms with Crippen LogP contribution in [0.2, 0.25) is 0 Å². The molecular weight excluding hydrogens is 449 g/mol. The van der Waals surface area contributed by atoms with Crippen molar-refractivity contribution in [2.75, 3.05) is 4.90 Å². The van der Waals surface area contributed by atoms with Gasteiger partial charge in [0.1, 0.15) is 0 Å². The molecule has 1 fully saturated rings. The van der Waals surface area contributed by atoms with Crippen LogP contribution in [0.1, 0.15) is 27.7 Å². The third-order valence-electron chi connectivity index (χ3n) is 7.29. The molecule has 0 saturated carbocycles. The predicted molar refractivity (Wildman–Crippen MR) is 150 cm³/mol. The van der Waals surface area contributed by atoms with Gasteiger partial charge in [0.15, 0.2) is 0 Å². The maximum absolute atomic E-state index is 6.30. The van der Waals surface area contributed by atoms with E-state index in [4.69, 9.17) is 9.31 Å². The molecule has 0 N–H and O–H groups in total. The smallest absolute Gasteiger partial charge is 0.399 e. The highest BCUT2D eigenvalue weighted by atomic mass is 32.1. The SMILES string of the molecule is CC1(C)OB(c2ccc3c(c2)sc2cc(N(c4ccccc4)c4ccccc4)ccc23)OC1(C)C. The fraction of sp³-hybridized carbons (Fsp3) is 0.200. The van der Waals surface area contributed by atoms with Crippen molar-refractivity contribution in [3.63, 3.8) is 0 Å². The van der Waals surface area contributed by atoms with Crippen LogP contribution in [0.5, 0.6) is 0 Å². The normalized spacial score (nSPS) is 16.7. The number of fused-ring (bicyclic) bond motifs is 3. The van der Waals surface area contributed by atoms with Crippen LogP contribution in [0.3, 0.4) is 0 Å². The summed E-state index contributed by atoms with van der Waals surface area (Å²) in [6.07, 6.45) is 0. The molecule has 6 rings (SSSR count). The van der Waals surface area contributed by atoms with Crippen LogP contribution in [-0.4, -0.2) is 18.3 Å². The summed E-state index contributed by atoms with van der Waals surface area (Å²) < 4.78 is 15.1. The Kier molecular flexibility index (Phi) is 5.26. The topological polar surface area (TPSA) is 21.7 Å². The number of hydrogen-bond donors (Lipinski definition) is 0. The Labute approximate surface area is 211 Å². The second kappa shape index (κ2) is 8.23. The van der Waals surface area contributed by atoms with Crippen molar-refractivity contribution in [3.05, 3.63) is 97.1 Å². The Hall–Kier alpha value is -3.12. The van der Waals surface area contributed by atoms with Crippen LogP contribution in [0, 0.1) is 0 Å². The van der Waals surface area contributed by atoms with Gasteiger partial charge in [0.05, 0.1) is 11.2 Å². The van der Waals surface area contributed by atoms with Gasteiger partial charge in [-0.1, -0.05) is 54.6 Å². The van der Waals surface area contributed by atoms with Crippen LogP contribution < -0.4 is 10.4 Å². The predicted octanol–water partition coefficient (Wildman–Crippen LogP) is 7.82. The highest BCUT2D eigenvalue weighted by Gasteiger charge is 2.51. The van der Waals surface area contributed by atoms with Crippen LogP contribution in [-0.2, 0) is 9.31 Å². The molecule has 174 valence electrons. The molecule has 5 heteroatoms. The van der Waals surface area contributed by atoms with Gasteiger partial charge in [-0.25, -0.2) is 0 Å². The zero-order valence-corrected chi connectivity index (χ0v) is 21.3. The number of thiophene rings is 1. The van der Waals surface area contributed by atoms with Crippen molar-refractivity contribution in [3.8, 4) is 0 Å². The molecule has 0 amide bonds. The lowest BCUT2D eigenvalue weighted by Crippen LogP contribution is -2.41. The van der Waals surface area contributed by atoms with Crippen LogP contribution >= 0.6 is 11.3 Å². The number of rotatable bonds is 4. The Morgan fingerprint density at radius 1 is 0.600 bits per heavy atom. The first-order chi connectivity index (χ1) is 16.8. The monoisotopic (exact) mass is 477 g/mol. The molecule has 2 heterocycles. The fourth-order valence-electron chi connectivity index (χ4n) is 4.65. The lowest BCUT2D eigenvalue weighted by atomic mass is 9.79. The molecule has 0 aliphatic carbocycles. The number of para-hydroxylation sites is 2. The highest BCUT2D eigenvalue weighted by Crippen LogP contribution is 2.41. The summed E-state index contributed by atoms with van der Waals surface area (Å²) in [5, 5.41) is 2.54. The molecular formula is C30H28BNO2S. The molecule has 1 aliphatic heterocycles. The molecule has 35 heavy (non-hydrogen) atoms. The molecule has 1 aromatic heterocycles. The van der Waals surface area contributed by atoms with E-state index in [9.17, 15) is 0 Å². The van der Waals surface area contributed by atoms with Gasteiger partial charge in [0, 0.05) is 37.2 Å². The summed E-state index contributed by atoms with van der Waals surface area (Å²) in [4.78, 5) is 2.31. The molecule has 0 atom stereocenters. The van der Waals surface area contributed by atoms with Gasteiger partial charge < -0.3 is 14.2 Å². The van der Waals surface area contributed by atoms with Crippen molar-refractivity contribution in [2.45, 2.75) is 38.9 Å². The first kappa shape index (κ1) is 22.4. The van der Waals surface area contributed by atoms with Crippen LogP contribution in [0.15, 0.2) is 97.1 Å². The third-order valence-corrected chi connectivity index (χ3v) is 8.41. The third kappa shape index (κ3) is 3.84. The van der Waals surface area contributed by atoms with E-state index in [1.807, 2.05) is 11.3 Å². The van der Waals surface area contributed by atoms with Gasteiger partial charge in [-0.3, -0.25) is 0 Å². The first-order valence-corrected chi connectivity index (χ1v) is 12.9. The number of anilines is 3. The largest absolute Gasteiger partial charge is 0.494 e. The quantitative estimate of drug-likeness (QED) is 0.246. The summed E-state index contributed by atoms with van der Waals surface area (Å²) >= 11 is 1.82. The number of hydrogen-bond acceptors (Lipinski definition) is 4. The summed E-state index contributed by atoms with van der Waals surface area (Å²) in [7, 11) is -0.350. The molecule has 0 bridgehead atoms. The van der Waals surface area contributed by atoms with Gasteiger partial charge in [-0.2, -0.15) is 0 Å². The molecule has 5 aromatic rings. The van der Waals surface area contributed by atoms with E-state index in [0.717, 1.165) is 22.5 Å². The fourth-order valence-corrected chi connectivity index (χ4v) is 5.84. The zero-order chi connectivity index (χ0) is 24.2. The van der Waals surface area contributed by atoms with E-state index in [0.29, 0.717) is 0 Å². The van der Waals surface area contributed by atoms with Gasteiger partial charge in [-0.05, 0) is 75.6 Å². The van der Waals surface area contributed by atoms with Gasteiger partial charge >= 0.3 is 7.12 Å². The van der Waals surface area contributed by atoms with E-state index < -0.39 is 0 Å². The Morgan fingerprint density at radius 2 is 1.11 bits per heavy atom. The van der Waals surface area contributed by atoms with Crippen molar-refractivity contribution in [1.29, 1.82) is 0 Å². The minimum Gasteiger partial charge on any atom is -0.399 e. The number of nitrogens with zero attached hydrogens (tertiary/aromatic N) is 1. The van der Waals surface area contributed by atoms with E-state index in [-0.39, 0.29) is 18.3 Å². The van der Waals surface area contributed by atoms with E-state index in [1.165, 1.54) is 20.2 Å². The van der Waals surface area contributed by atoms with Crippen molar-refractivity contribution in [1.82, 2.24) is 0 Å². The summed E-state index contributed by atoms with van der Waals surface area (Å²) in [5.41, 5.74) is 3.80. The molecule has 1 aliphatic rings. The van der Waals surface area contributed by atoms with Crippen molar-refractivity contribution >= 4 is 61.2 Å². The van der Waals surface area contributed by atoms with E-state index >= 15 is 0 Å². The van der Waals surface area contributed by atoms with Gasteiger partial charge in [0.25, 0.3) is 0 Å². The zero-order valence-electron chi connectivity index (χ0n) is 20.5. The van der Waals surface area contributed by atoms with E-state index in [1.54, 1.807) is 0 Å². The first-order valence-electron chi connectivity index (χ1n) is 12.0. The summed E-state index contributed by atoms with van der Waals surface area (Å²) in [5.74, 6) is 0. The molecule has 1 saturated heterocycles. The van der Waals surface area contributed by atoms with Gasteiger partial charge in [0.2, 0.25) is 0 Å². The summed E-state index contributed by atoms with van der Waals surface area (Å²) in [6, 6.07) is 34.4. The molecule has 0 unspecified atom stereocenters. The average Bonchev–Trinajstić information content (AvgIpc) is 3.32.